The normalized spacial score (nSPS) is 36.6. The lowest BCUT2D eigenvalue weighted by Gasteiger charge is -2.32. The lowest BCUT2D eigenvalue weighted by atomic mass is 9.75. The Hall–Kier alpha value is -1.94. The van der Waals surface area contributed by atoms with Gasteiger partial charge in [0.1, 0.15) is 17.8 Å². The van der Waals surface area contributed by atoms with Crippen molar-refractivity contribution in [2.24, 2.45) is 11.8 Å². The number of fused-ring (bicyclic) bond motifs is 2. The van der Waals surface area contributed by atoms with E-state index in [0.29, 0.717) is 23.5 Å². The zero-order chi connectivity index (χ0) is 25.3. The molecule has 2 bridgehead atoms. The third kappa shape index (κ3) is 5.58. The van der Waals surface area contributed by atoms with Crippen molar-refractivity contribution in [3.63, 3.8) is 0 Å². The highest BCUT2D eigenvalue weighted by molar-refractivity contribution is 7.09. The number of Topliss-reactive ketones (excluding diaryl/α,β-unsaturated/α-hetero) is 1. The van der Waals surface area contributed by atoms with Gasteiger partial charge in [0.25, 0.3) is 0 Å². The number of aromatic nitrogens is 1. The second-order valence-corrected chi connectivity index (χ2v) is 10.9. The van der Waals surface area contributed by atoms with Crippen LogP contribution in [0.15, 0.2) is 22.6 Å². The second kappa shape index (κ2) is 10.6. The van der Waals surface area contributed by atoms with Crippen LogP contribution in [0.4, 0.5) is 4.39 Å². The van der Waals surface area contributed by atoms with E-state index >= 15 is 0 Å². The van der Waals surface area contributed by atoms with Crippen molar-refractivity contribution in [2.45, 2.75) is 96.0 Å². The molecule has 2 N–H and O–H groups in total. The Balaban J connectivity index is 1.60. The number of rotatable bonds is 4. The lowest BCUT2D eigenvalue weighted by Crippen LogP contribution is -2.40. The van der Waals surface area contributed by atoms with Gasteiger partial charge in [-0.15, -0.1) is 11.3 Å². The molecule has 3 heterocycles. The molecule has 0 aromatic carbocycles. The summed E-state index contributed by atoms with van der Waals surface area (Å²) in [5.41, 5.74) is 1.23. The third-order valence-electron chi connectivity index (χ3n) is 7.67. The number of carbonyl (C=O) groups is 2. The van der Waals surface area contributed by atoms with Crippen molar-refractivity contribution in [1.82, 2.24) is 4.98 Å². The molecule has 0 spiro atoms. The van der Waals surface area contributed by atoms with E-state index in [4.69, 9.17) is 9.47 Å². The first-order chi connectivity index (χ1) is 16.7. The fourth-order valence-corrected chi connectivity index (χ4v) is 5.96. The molecule has 2 aliphatic heterocycles. The summed E-state index contributed by atoms with van der Waals surface area (Å²) in [5, 5.41) is 23.5. The molecular formula is C26H34FNO6S. The number of carbonyl (C=O) groups excluding carboxylic acids is 2. The molecule has 192 valence electrons. The Morgan fingerprint density at radius 3 is 2.83 bits per heavy atom. The van der Waals surface area contributed by atoms with Crippen molar-refractivity contribution in [3.05, 3.63) is 33.3 Å². The van der Waals surface area contributed by atoms with E-state index < -0.39 is 36.9 Å². The van der Waals surface area contributed by atoms with Crippen molar-refractivity contribution in [3.8, 4) is 0 Å². The number of epoxide rings is 1. The van der Waals surface area contributed by atoms with Crippen LogP contribution in [-0.2, 0) is 25.7 Å². The van der Waals surface area contributed by atoms with E-state index in [1.54, 1.807) is 24.5 Å². The molecule has 35 heavy (non-hydrogen) atoms. The third-order valence-corrected chi connectivity index (χ3v) is 8.50. The minimum Gasteiger partial charge on any atom is -0.458 e. The molecule has 9 heteroatoms. The van der Waals surface area contributed by atoms with Gasteiger partial charge in [-0.05, 0) is 44.3 Å². The minimum absolute atomic E-state index is 0.0822. The fraction of sp³-hybridized carbons (Fsp3) is 0.654. The van der Waals surface area contributed by atoms with Gasteiger partial charge in [0.05, 0.1) is 36.0 Å². The summed E-state index contributed by atoms with van der Waals surface area (Å²) in [6, 6.07) is 0. The van der Waals surface area contributed by atoms with Crippen molar-refractivity contribution in [2.75, 3.05) is 0 Å². The Kier molecular flexibility index (Phi) is 7.90. The number of hydrogen-bond donors (Lipinski definition) is 2. The zero-order valence-corrected chi connectivity index (χ0v) is 21.2. The molecule has 0 radical (unpaired) electrons. The minimum atomic E-state index is -1.29. The highest BCUT2D eigenvalue weighted by Gasteiger charge is 2.55. The highest BCUT2D eigenvalue weighted by atomic mass is 32.1. The molecule has 1 aliphatic carbocycles. The van der Waals surface area contributed by atoms with Crippen LogP contribution in [0.2, 0.25) is 0 Å². The number of aliphatic hydroxyl groups is 2. The van der Waals surface area contributed by atoms with E-state index in [0.717, 1.165) is 24.8 Å². The monoisotopic (exact) mass is 507 g/mol. The van der Waals surface area contributed by atoms with Crippen LogP contribution in [0.1, 0.15) is 70.0 Å². The summed E-state index contributed by atoms with van der Waals surface area (Å²) in [4.78, 5) is 29.8. The average molecular weight is 508 g/mol. The van der Waals surface area contributed by atoms with Crippen molar-refractivity contribution in [1.29, 1.82) is 0 Å². The van der Waals surface area contributed by atoms with Crippen LogP contribution in [0.25, 0.3) is 6.08 Å². The predicted octanol–water partition coefficient (Wildman–Crippen LogP) is 3.92. The molecule has 1 aromatic rings. The summed E-state index contributed by atoms with van der Waals surface area (Å²) in [6.45, 7) is 4.94. The Morgan fingerprint density at radius 2 is 2.14 bits per heavy atom. The quantitative estimate of drug-likeness (QED) is 0.470. The second-order valence-electron chi connectivity index (χ2n) is 9.97. The Bertz CT molecular complexity index is 1020. The molecule has 1 saturated heterocycles. The molecule has 0 unspecified atom stereocenters. The van der Waals surface area contributed by atoms with E-state index in [1.807, 2.05) is 6.92 Å². The van der Waals surface area contributed by atoms with Gasteiger partial charge in [-0.25, -0.2) is 9.37 Å². The van der Waals surface area contributed by atoms with Gasteiger partial charge in [-0.3, -0.25) is 9.59 Å². The maximum atomic E-state index is 12.9. The number of nitrogens with zero attached hydrogens (tertiary/aromatic N) is 1. The van der Waals surface area contributed by atoms with Gasteiger partial charge < -0.3 is 19.7 Å². The molecule has 7 atom stereocenters. The van der Waals surface area contributed by atoms with Gasteiger partial charge in [0.15, 0.2) is 5.78 Å². The first kappa shape index (κ1) is 26.1. The van der Waals surface area contributed by atoms with E-state index in [2.05, 4.69) is 11.9 Å². The van der Waals surface area contributed by atoms with Crippen LogP contribution >= 0.6 is 11.3 Å². The van der Waals surface area contributed by atoms with E-state index in [9.17, 15) is 24.2 Å². The molecule has 7 nitrogen and oxygen atoms in total. The number of ketones is 1. The SMILES string of the molecule is CC[C@@]12CCC[C@@H]3C=C(C(=O)[C@H](C)[C@H]3O)[C@@H](O)CC(=O)O[C@H](/C(C)=C/c3csc(CF)n3)C[C@@H]1O2. The molecular weight excluding hydrogens is 473 g/mol. The van der Waals surface area contributed by atoms with Crippen molar-refractivity contribution < 1.29 is 33.7 Å². The van der Waals surface area contributed by atoms with Crippen LogP contribution in [0, 0.1) is 11.8 Å². The Morgan fingerprint density at radius 1 is 1.37 bits per heavy atom. The predicted molar refractivity (Wildman–Crippen MR) is 129 cm³/mol. The van der Waals surface area contributed by atoms with Gasteiger partial charge in [0, 0.05) is 29.2 Å². The van der Waals surface area contributed by atoms with E-state index in [-0.39, 0.29) is 35.4 Å². The first-order valence-corrected chi connectivity index (χ1v) is 13.2. The van der Waals surface area contributed by atoms with Gasteiger partial charge >= 0.3 is 5.97 Å². The number of cyclic esters (lactones) is 1. The first-order valence-electron chi connectivity index (χ1n) is 12.3. The zero-order valence-electron chi connectivity index (χ0n) is 20.4. The average Bonchev–Trinajstić information content (AvgIpc) is 3.31. The van der Waals surface area contributed by atoms with E-state index in [1.165, 1.54) is 11.3 Å². The summed E-state index contributed by atoms with van der Waals surface area (Å²) < 4.78 is 24.9. The maximum Gasteiger partial charge on any atom is 0.309 e. The standard InChI is InChI=1S/C26H34FNO6S/c1-4-26-7-5-6-16-9-18(25(32)15(3)24(16)31)19(29)10-23(30)33-20(11-21(26)34-26)14(2)8-17-13-35-22(12-27)28-17/h8-9,13,15-16,19-21,24,29,31H,4-7,10-12H2,1-3H3/b14-8+/t15-,16-,19+,20+,21+,24-,26-/m1/s1. The number of alkyl halides is 1. The number of halogens is 1. The molecule has 4 rings (SSSR count). The van der Waals surface area contributed by atoms with Gasteiger partial charge in [0.2, 0.25) is 0 Å². The summed E-state index contributed by atoms with van der Waals surface area (Å²) in [5.74, 6) is -1.87. The maximum absolute atomic E-state index is 12.9. The number of esters is 1. The number of aliphatic hydroxyl groups excluding tert-OH is 2. The largest absolute Gasteiger partial charge is 0.458 e. The van der Waals surface area contributed by atoms with Crippen LogP contribution in [0.3, 0.4) is 0 Å². The molecule has 0 amide bonds. The Labute approximate surface area is 209 Å². The number of ether oxygens (including phenoxy) is 2. The molecule has 3 aliphatic rings. The number of hydrogen-bond acceptors (Lipinski definition) is 8. The summed E-state index contributed by atoms with van der Waals surface area (Å²) >= 11 is 1.23. The smallest absolute Gasteiger partial charge is 0.309 e. The van der Waals surface area contributed by atoms with Crippen molar-refractivity contribution >= 4 is 29.2 Å². The molecule has 1 fully saturated rings. The fourth-order valence-electron chi connectivity index (χ4n) is 5.36. The van der Waals surface area contributed by atoms with Crippen LogP contribution in [0.5, 0.6) is 0 Å². The van der Waals surface area contributed by atoms with Crippen LogP contribution < -0.4 is 0 Å². The highest BCUT2D eigenvalue weighted by Crippen LogP contribution is 2.48. The van der Waals surface area contributed by atoms with Crippen LogP contribution in [-0.4, -0.2) is 57.0 Å². The molecule has 0 saturated carbocycles. The lowest BCUT2D eigenvalue weighted by molar-refractivity contribution is -0.149. The summed E-state index contributed by atoms with van der Waals surface area (Å²) in [7, 11) is 0. The number of thiazole rings is 1. The molecule has 1 aromatic heterocycles. The van der Waals surface area contributed by atoms with Gasteiger partial charge in [-0.2, -0.15) is 0 Å². The topological polar surface area (TPSA) is 109 Å². The summed E-state index contributed by atoms with van der Waals surface area (Å²) in [6.07, 6.45) is 3.82. The van der Waals surface area contributed by atoms with Gasteiger partial charge in [-0.1, -0.05) is 19.9 Å².